The highest BCUT2D eigenvalue weighted by molar-refractivity contribution is 7.18. The minimum atomic E-state index is 0.341. The molecule has 0 aromatic carbocycles. The molecule has 4 rings (SSSR count). The highest BCUT2D eigenvalue weighted by Crippen LogP contribution is 2.39. The van der Waals surface area contributed by atoms with Crippen LogP contribution >= 0.6 is 11.3 Å². The van der Waals surface area contributed by atoms with Gasteiger partial charge < -0.3 is 4.90 Å². The predicted octanol–water partition coefficient (Wildman–Crippen LogP) is 2.98. The third kappa shape index (κ3) is 2.50. The van der Waals surface area contributed by atoms with E-state index >= 15 is 0 Å². The quantitative estimate of drug-likeness (QED) is 0.740. The number of nitrogens with zero attached hydrogens (tertiary/aromatic N) is 6. The Hall–Kier alpha value is -2.28. The third-order valence-corrected chi connectivity index (χ3v) is 5.41. The number of hydrogen-bond donors (Lipinski definition) is 0. The smallest absolute Gasteiger partial charge is 0.209 e. The summed E-state index contributed by atoms with van der Waals surface area (Å²) in [5, 5.41) is 15.0. The summed E-state index contributed by atoms with van der Waals surface area (Å²) in [6.45, 7) is 3.13. The zero-order valence-corrected chi connectivity index (χ0v) is 14.0. The second-order valence-electron chi connectivity index (χ2n) is 5.77. The molecule has 0 radical (unpaired) electrons. The summed E-state index contributed by atoms with van der Waals surface area (Å²) in [6, 6.07) is 6.19. The molecule has 3 aromatic rings. The van der Waals surface area contributed by atoms with Crippen LogP contribution in [0.15, 0.2) is 30.6 Å². The summed E-state index contributed by atoms with van der Waals surface area (Å²) in [6.07, 6.45) is 6.07. The molecule has 0 spiro atoms. The van der Waals surface area contributed by atoms with Crippen molar-refractivity contribution in [1.29, 1.82) is 0 Å². The standard InChI is InChI=1S/C16H18N6S/c1-11-12(10-18-21(11)2)14-7-5-9-22(14)16-20-19-15(23-16)13-6-3-4-8-17-13/h3-4,6,8,10,14H,5,7,9H2,1-2H3/t14-/m0/s1. The van der Waals surface area contributed by atoms with Gasteiger partial charge in [0, 0.05) is 31.0 Å². The fraction of sp³-hybridized carbons (Fsp3) is 0.375. The van der Waals surface area contributed by atoms with Crippen LogP contribution in [-0.2, 0) is 7.05 Å². The van der Waals surface area contributed by atoms with Crippen LogP contribution in [0.25, 0.3) is 10.7 Å². The second kappa shape index (κ2) is 5.73. The summed E-state index contributed by atoms with van der Waals surface area (Å²) >= 11 is 1.61. The van der Waals surface area contributed by atoms with Gasteiger partial charge in [0.05, 0.1) is 12.2 Å². The van der Waals surface area contributed by atoms with Crippen LogP contribution in [0.2, 0.25) is 0 Å². The van der Waals surface area contributed by atoms with E-state index in [0.717, 1.165) is 35.2 Å². The molecule has 0 N–H and O–H groups in total. The molecule has 1 atom stereocenters. The molecule has 6 nitrogen and oxygen atoms in total. The molecule has 23 heavy (non-hydrogen) atoms. The zero-order valence-electron chi connectivity index (χ0n) is 13.2. The fourth-order valence-corrected chi connectivity index (χ4v) is 3.98. The van der Waals surface area contributed by atoms with Gasteiger partial charge in [-0.15, -0.1) is 10.2 Å². The highest BCUT2D eigenvalue weighted by atomic mass is 32.1. The summed E-state index contributed by atoms with van der Waals surface area (Å²) in [5.74, 6) is 0. The Balaban J connectivity index is 1.65. The normalized spacial score (nSPS) is 17.8. The van der Waals surface area contributed by atoms with Crippen LogP contribution < -0.4 is 4.90 Å². The molecule has 7 heteroatoms. The summed E-state index contributed by atoms with van der Waals surface area (Å²) in [4.78, 5) is 6.71. The predicted molar refractivity (Wildman–Crippen MR) is 90.4 cm³/mol. The molecule has 118 valence electrons. The molecular weight excluding hydrogens is 308 g/mol. The lowest BCUT2D eigenvalue weighted by Crippen LogP contribution is -2.22. The largest absolute Gasteiger partial charge is 0.339 e. The Labute approximate surface area is 138 Å². The van der Waals surface area contributed by atoms with E-state index in [0.29, 0.717) is 6.04 Å². The molecule has 1 aliphatic rings. The van der Waals surface area contributed by atoms with E-state index in [4.69, 9.17) is 0 Å². The molecule has 0 bridgehead atoms. The van der Waals surface area contributed by atoms with E-state index in [-0.39, 0.29) is 0 Å². The third-order valence-electron chi connectivity index (χ3n) is 4.43. The van der Waals surface area contributed by atoms with Crippen LogP contribution in [0, 0.1) is 6.92 Å². The summed E-state index contributed by atoms with van der Waals surface area (Å²) in [7, 11) is 1.99. The molecule has 0 amide bonds. The lowest BCUT2D eigenvalue weighted by atomic mass is 10.1. The van der Waals surface area contributed by atoms with Gasteiger partial charge in [-0.3, -0.25) is 9.67 Å². The van der Waals surface area contributed by atoms with Crippen LogP contribution in [0.3, 0.4) is 0 Å². The van der Waals surface area contributed by atoms with Crippen molar-refractivity contribution in [2.24, 2.45) is 7.05 Å². The Morgan fingerprint density at radius 1 is 1.26 bits per heavy atom. The Bertz CT molecular complexity index is 809. The SMILES string of the molecule is Cc1c([C@@H]2CCCN2c2nnc(-c3ccccn3)s2)cnn1C. The lowest BCUT2D eigenvalue weighted by molar-refractivity contribution is 0.695. The van der Waals surface area contributed by atoms with Crippen molar-refractivity contribution in [3.8, 4) is 10.7 Å². The Morgan fingerprint density at radius 3 is 2.91 bits per heavy atom. The lowest BCUT2D eigenvalue weighted by Gasteiger charge is -2.23. The minimum absolute atomic E-state index is 0.341. The van der Waals surface area contributed by atoms with E-state index in [1.165, 1.54) is 11.3 Å². The zero-order chi connectivity index (χ0) is 15.8. The fourth-order valence-electron chi connectivity index (χ4n) is 3.09. The molecule has 1 fully saturated rings. The van der Waals surface area contributed by atoms with Gasteiger partial charge in [-0.2, -0.15) is 5.10 Å². The van der Waals surface area contributed by atoms with E-state index < -0.39 is 0 Å². The van der Waals surface area contributed by atoms with Crippen molar-refractivity contribution in [3.63, 3.8) is 0 Å². The van der Waals surface area contributed by atoms with Crippen LogP contribution in [0.5, 0.6) is 0 Å². The number of aromatic nitrogens is 5. The molecule has 1 aliphatic heterocycles. The van der Waals surface area contributed by atoms with E-state index in [2.05, 4.69) is 32.1 Å². The van der Waals surface area contributed by atoms with Gasteiger partial charge in [0.15, 0.2) is 5.01 Å². The van der Waals surface area contributed by atoms with Gasteiger partial charge in [-0.1, -0.05) is 17.4 Å². The molecule has 0 saturated carbocycles. The molecule has 4 heterocycles. The first kappa shape index (κ1) is 14.3. The van der Waals surface area contributed by atoms with Crippen molar-refractivity contribution >= 4 is 16.5 Å². The van der Waals surface area contributed by atoms with Gasteiger partial charge in [0.2, 0.25) is 5.13 Å². The van der Waals surface area contributed by atoms with Crippen molar-refractivity contribution < 1.29 is 0 Å². The first-order valence-electron chi connectivity index (χ1n) is 7.74. The highest BCUT2D eigenvalue weighted by Gasteiger charge is 2.31. The molecule has 1 saturated heterocycles. The number of anilines is 1. The van der Waals surface area contributed by atoms with Crippen molar-refractivity contribution in [2.75, 3.05) is 11.4 Å². The minimum Gasteiger partial charge on any atom is -0.339 e. The maximum absolute atomic E-state index is 4.41. The van der Waals surface area contributed by atoms with Crippen LogP contribution in [-0.4, -0.2) is 31.5 Å². The van der Waals surface area contributed by atoms with Gasteiger partial charge in [0.25, 0.3) is 0 Å². The van der Waals surface area contributed by atoms with E-state index in [1.807, 2.05) is 36.1 Å². The number of rotatable bonds is 3. The number of aryl methyl sites for hydroxylation is 1. The number of pyridine rings is 1. The molecule has 3 aromatic heterocycles. The average Bonchev–Trinajstić information content (AvgIpc) is 3.29. The second-order valence-corrected chi connectivity index (χ2v) is 6.72. The summed E-state index contributed by atoms with van der Waals surface area (Å²) < 4.78 is 1.94. The Morgan fingerprint density at radius 2 is 2.17 bits per heavy atom. The molecule has 0 aliphatic carbocycles. The van der Waals surface area contributed by atoms with E-state index in [1.54, 1.807) is 17.5 Å². The van der Waals surface area contributed by atoms with Gasteiger partial charge >= 0.3 is 0 Å². The van der Waals surface area contributed by atoms with E-state index in [9.17, 15) is 0 Å². The van der Waals surface area contributed by atoms with Crippen molar-refractivity contribution in [1.82, 2.24) is 25.0 Å². The first-order chi connectivity index (χ1) is 11.2. The van der Waals surface area contributed by atoms with Crippen LogP contribution in [0.1, 0.15) is 30.1 Å². The number of hydrogen-bond acceptors (Lipinski definition) is 6. The van der Waals surface area contributed by atoms with Gasteiger partial charge in [0.1, 0.15) is 5.69 Å². The maximum Gasteiger partial charge on any atom is 0.209 e. The summed E-state index contributed by atoms with van der Waals surface area (Å²) in [5.41, 5.74) is 3.39. The molecular formula is C16H18N6S. The topological polar surface area (TPSA) is 59.7 Å². The maximum atomic E-state index is 4.41. The van der Waals surface area contributed by atoms with Crippen molar-refractivity contribution in [2.45, 2.75) is 25.8 Å². The van der Waals surface area contributed by atoms with Crippen LogP contribution in [0.4, 0.5) is 5.13 Å². The Kier molecular flexibility index (Phi) is 3.57. The molecule has 0 unspecified atom stereocenters. The first-order valence-corrected chi connectivity index (χ1v) is 8.56. The van der Waals surface area contributed by atoms with Gasteiger partial charge in [-0.25, -0.2) is 0 Å². The monoisotopic (exact) mass is 326 g/mol. The van der Waals surface area contributed by atoms with Crippen molar-refractivity contribution in [3.05, 3.63) is 41.9 Å². The average molecular weight is 326 g/mol. The van der Waals surface area contributed by atoms with Gasteiger partial charge in [-0.05, 0) is 31.9 Å².